The van der Waals surface area contributed by atoms with Crippen molar-refractivity contribution >= 4 is 35.1 Å². The number of hydrogen-bond donors (Lipinski definition) is 0. The summed E-state index contributed by atoms with van der Waals surface area (Å²) in [4.78, 5) is 12.3. The normalized spacial score (nSPS) is 10.7. The van der Waals surface area contributed by atoms with Gasteiger partial charge in [0.05, 0.1) is 29.8 Å². The first-order valence-corrected chi connectivity index (χ1v) is 7.20. The molecule has 2 aromatic carbocycles. The van der Waals surface area contributed by atoms with Crippen LogP contribution in [0.2, 0.25) is 10.0 Å². The smallest absolute Gasteiger partial charge is 0.189 e. The molecule has 0 aliphatic heterocycles. The molecule has 0 aliphatic rings. The Bertz CT molecular complexity index is 724. The number of hydrogen-bond acceptors (Lipinski definition) is 3. The summed E-state index contributed by atoms with van der Waals surface area (Å²) < 4.78 is 10.3. The number of methoxy groups -OCH3 is 2. The minimum Gasteiger partial charge on any atom is -0.497 e. The van der Waals surface area contributed by atoms with Crippen LogP contribution in [0.25, 0.3) is 6.08 Å². The molecule has 2 rings (SSSR count). The highest BCUT2D eigenvalue weighted by molar-refractivity contribution is 6.42. The zero-order chi connectivity index (χ0) is 16.1. The second kappa shape index (κ2) is 7.34. The molecule has 0 spiro atoms. The van der Waals surface area contributed by atoms with Crippen molar-refractivity contribution in [2.24, 2.45) is 0 Å². The molecule has 0 saturated carbocycles. The molecule has 0 radical (unpaired) electrons. The zero-order valence-corrected chi connectivity index (χ0v) is 13.6. The van der Waals surface area contributed by atoms with E-state index in [2.05, 4.69) is 0 Å². The first-order chi connectivity index (χ1) is 10.5. The Morgan fingerprint density at radius 1 is 1.00 bits per heavy atom. The van der Waals surface area contributed by atoms with Crippen LogP contribution >= 0.6 is 23.2 Å². The Morgan fingerprint density at radius 3 is 2.41 bits per heavy atom. The number of allylic oxidation sites excluding steroid dienone is 1. The van der Waals surface area contributed by atoms with Crippen LogP contribution in [0.3, 0.4) is 0 Å². The summed E-state index contributed by atoms with van der Waals surface area (Å²) in [6.07, 6.45) is 3.13. The maximum absolute atomic E-state index is 12.3. The topological polar surface area (TPSA) is 35.5 Å². The van der Waals surface area contributed by atoms with Crippen LogP contribution in [0.1, 0.15) is 15.9 Å². The summed E-state index contributed by atoms with van der Waals surface area (Å²) >= 11 is 11.8. The van der Waals surface area contributed by atoms with Crippen LogP contribution in [-0.4, -0.2) is 20.0 Å². The lowest BCUT2D eigenvalue weighted by atomic mass is 10.1. The highest BCUT2D eigenvalue weighted by atomic mass is 35.5. The Morgan fingerprint density at radius 2 is 1.77 bits per heavy atom. The summed E-state index contributed by atoms with van der Waals surface area (Å²) in [5.74, 6) is 0.887. The van der Waals surface area contributed by atoms with Crippen molar-refractivity contribution in [2.45, 2.75) is 0 Å². The predicted octanol–water partition coefficient (Wildman–Crippen LogP) is 4.91. The molecule has 114 valence electrons. The van der Waals surface area contributed by atoms with Crippen molar-refractivity contribution in [1.29, 1.82) is 0 Å². The van der Waals surface area contributed by atoms with Crippen molar-refractivity contribution < 1.29 is 14.3 Å². The predicted molar refractivity (Wildman–Crippen MR) is 89.4 cm³/mol. The van der Waals surface area contributed by atoms with Gasteiger partial charge in [-0.25, -0.2) is 0 Å². The first kappa shape index (κ1) is 16.4. The van der Waals surface area contributed by atoms with Gasteiger partial charge in [0.15, 0.2) is 5.78 Å². The van der Waals surface area contributed by atoms with Crippen molar-refractivity contribution in [3.8, 4) is 11.5 Å². The fourth-order valence-electron chi connectivity index (χ4n) is 1.88. The Kier molecular flexibility index (Phi) is 5.47. The molecule has 0 saturated heterocycles. The van der Waals surface area contributed by atoms with Gasteiger partial charge in [-0.3, -0.25) is 4.79 Å². The number of carbonyl (C=O) groups is 1. The molecule has 0 unspecified atom stereocenters. The van der Waals surface area contributed by atoms with Gasteiger partial charge in [-0.1, -0.05) is 35.3 Å². The summed E-state index contributed by atoms with van der Waals surface area (Å²) in [6, 6.07) is 10.2. The van der Waals surface area contributed by atoms with E-state index in [1.165, 1.54) is 13.2 Å². The minimum absolute atomic E-state index is 0.193. The fraction of sp³-hybridized carbons (Fsp3) is 0.118. The average molecular weight is 337 g/mol. The summed E-state index contributed by atoms with van der Waals surface area (Å²) in [5.41, 5.74) is 1.21. The molecule has 0 heterocycles. The highest BCUT2D eigenvalue weighted by Crippen LogP contribution is 2.26. The monoisotopic (exact) mass is 336 g/mol. The molecule has 5 heteroatoms. The number of ether oxygens (including phenoxy) is 2. The quantitative estimate of drug-likeness (QED) is 0.575. The van der Waals surface area contributed by atoms with Crippen molar-refractivity contribution in [3.63, 3.8) is 0 Å². The SMILES string of the molecule is COc1ccc(OC)c(C(=O)C=Cc2ccc(Cl)c(Cl)c2)c1. The third-order valence-corrected chi connectivity index (χ3v) is 3.78. The number of halogens is 2. The summed E-state index contributed by atoms with van der Waals surface area (Å²) in [7, 11) is 3.06. The van der Waals surface area contributed by atoms with Crippen molar-refractivity contribution in [3.05, 3.63) is 63.6 Å². The van der Waals surface area contributed by atoms with Gasteiger partial charge < -0.3 is 9.47 Å². The van der Waals surface area contributed by atoms with Crippen molar-refractivity contribution in [1.82, 2.24) is 0 Å². The van der Waals surface area contributed by atoms with Crippen LogP contribution < -0.4 is 9.47 Å². The van der Waals surface area contributed by atoms with E-state index in [-0.39, 0.29) is 5.78 Å². The van der Waals surface area contributed by atoms with Crippen LogP contribution in [0, 0.1) is 0 Å². The van der Waals surface area contributed by atoms with Crippen LogP contribution in [0.5, 0.6) is 11.5 Å². The van der Waals surface area contributed by atoms with Crippen molar-refractivity contribution in [2.75, 3.05) is 14.2 Å². The fourth-order valence-corrected chi connectivity index (χ4v) is 2.19. The van der Waals surface area contributed by atoms with Gasteiger partial charge in [0, 0.05) is 0 Å². The van der Waals surface area contributed by atoms with Crippen LogP contribution in [-0.2, 0) is 0 Å². The number of carbonyl (C=O) groups excluding carboxylic acids is 1. The molecule has 2 aromatic rings. The lowest BCUT2D eigenvalue weighted by molar-refractivity contribution is 0.104. The van der Waals surface area contributed by atoms with Gasteiger partial charge in [-0.2, -0.15) is 0 Å². The van der Waals surface area contributed by atoms with E-state index in [1.807, 2.05) is 0 Å². The summed E-state index contributed by atoms with van der Waals surface area (Å²) in [5, 5.41) is 0.912. The third-order valence-electron chi connectivity index (χ3n) is 3.04. The molecular formula is C17H14Cl2O3. The van der Waals surface area contributed by atoms with E-state index in [1.54, 1.807) is 49.6 Å². The first-order valence-electron chi connectivity index (χ1n) is 6.44. The molecule has 0 fully saturated rings. The van der Waals surface area contributed by atoms with E-state index in [0.717, 1.165) is 5.56 Å². The minimum atomic E-state index is -0.193. The van der Waals surface area contributed by atoms with Crippen LogP contribution in [0.15, 0.2) is 42.5 Å². The van der Waals surface area contributed by atoms with Gasteiger partial charge in [-0.15, -0.1) is 0 Å². The van der Waals surface area contributed by atoms with E-state index < -0.39 is 0 Å². The third kappa shape index (κ3) is 3.81. The molecule has 0 aliphatic carbocycles. The molecular weight excluding hydrogens is 323 g/mol. The van der Waals surface area contributed by atoms with Gasteiger partial charge >= 0.3 is 0 Å². The van der Waals surface area contributed by atoms with E-state index in [4.69, 9.17) is 32.7 Å². The lowest BCUT2D eigenvalue weighted by Gasteiger charge is -2.07. The number of rotatable bonds is 5. The number of benzene rings is 2. The molecule has 0 N–H and O–H groups in total. The molecule has 0 aromatic heterocycles. The molecule has 22 heavy (non-hydrogen) atoms. The Labute approximate surface area is 139 Å². The highest BCUT2D eigenvalue weighted by Gasteiger charge is 2.11. The molecule has 3 nitrogen and oxygen atoms in total. The van der Waals surface area contributed by atoms with Crippen LogP contribution in [0.4, 0.5) is 0 Å². The van der Waals surface area contributed by atoms with Gasteiger partial charge in [-0.05, 0) is 42.0 Å². The largest absolute Gasteiger partial charge is 0.497 e. The molecule has 0 amide bonds. The second-order valence-corrected chi connectivity index (χ2v) is 5.25. The van der Waals surface area contributed by atoms with Gasteiger partial charge in [0.25, 0.3) is 0 Å². The van der Waals surface area contributed by atoms with E-state index >= 15 is 0 Å². The second-order valence-electron chi connectivity index (χ2n) is 4.44. The molecule has 0 bridgehead atoms. The van der Waals surface area contributed by atoms with E-state index in [0.29, 0.717) is 27.1 Å². The Hall–Kier alpha value is -1.97. The lowest BCUT2D eigenvalue weighted by Crippen LogP contribution is -1.99. The maximum atomic E-state index is 12.3. The standard InChI is InChI=1S/C17H14Cl2O3/c1-21-12-5-8-17(22-2)13(10-12)16(20)7-4-11-3-6-14(18)15(19)9-11/h3-10H,1-2H3. The zero-order valence-electron chi connectivity index (χ0n) is 12.1. The van der Waals surface area contributed by atoms with Gasteiger partial charge in [0.2, 0.25) is 0 Å². The van der Waals surface area contributed by atoms with Gasteiger partial charge in [0.1, 0.15) is 11.5 Å². The summed E-state index contributed by atoms with van der Waals surface area (Å²) in [6.45, 7) is 0. The average Bonchev–Trinajstić information content (AvgIpc) is 2.55. The van der Waals surface area contributed by atoms with E-state index in [9.17, 15) is 4.79 Å². The Balaban J connectivity index is 2.28. The maximum Gasteiger partial charge on any atom is 0.189 e. The number of ketones is 1. The molecule has 0 atom stereocenters.